The van der Waals surface area contributed by atoms with Crippen LogP contribution in [0.25, 0.3) is 0 Å². The van der Waals surface area contributed by atoms with Gasteiger partial charge < -0.3 is 5.73 Å². The molecule has 0 heterocycles. The average Bonchev–Trinajstić information content (AvgIpc) is 2.46. The van der Waals surface area contributed by atoms with Gasteiger partial charge in [-0.25, -0.2) is 0 Å². The summed E-state index contributed by atoms with van der Waals surface area (Å²) >= 11 is 0. The van der Waals surface area contributed by atoms with Crippen LogP contribution in [0, 0.1) is 5.92 Å². The molecule has 0 aliphatic rings. The van der Waals surface area contributed by atoms with Crippen molar-refractivity contribution in [3.05, 3.63) is 35.4 Å². The third-order valence-electron chi connectivity index (χ3n) is 3.87. The molecule has 0 aromatic heterocycles. The fraction of sp³-hybridized carbons (Fsp3) is 0.611. The van der Waals surface area contributed by atoms with E-state index in [1.165, 1.54) is 18.4 Å². The number of ketones is 1. The minimum Gasteiger partial charge on any atom is -0.330 e. The summed E-state index contributed by atoms with van der Waals surface area (Å²) in [5.41, 5.74) is 7.81. The number of aryl methyl sites for hydroxylation is 1. The number of nitrogens with two attached hydrogens (primary N) is 1. The van der Waals surface area contributed by atoms with Gasteiger partial charge in [-0.1, -0.05) is 57.4 Å². The molecule has 20 heavy (non-hydrogen) atoms. The number of Topliss-reactive ketones (excluding diaryl/α,β-unsaturated/α-hetero) is 1. The van der Waals surface area contributed by atoms with Gasteiger partial charge in [0.2, 0.25) is 0 Å². The molecule has 0 aliphatic carbocycles. The standard InChI is InChI=1S/C18H29NO/c1-3-5-15-7-10-17(11-8-15)18(20)12-9-16(6-4-2)13-14-19/h7-8,10-11,16H,3-6,9,12-14,19H2,1-2H3. The number of rotatable bonds is 10. The molecule has 1 rings (SSSR count). The summed E-state index contributed by atoms with van der Waals surface area (Å²) in [7, 11) is 0. The van der Waals surface area contributed by atoms with Crippen molar-refractivity contribution >= 4 is 5.78 Å². The number of carbonyl (C=O) groups excluding carboxylic acids is 1. The summed E-state index contributed by atoms with van der Waals surface area (Å²) in [4.78, 5) is 12.2. The molecule has 0 radical (unpaired) electrons. The molecular weight excluding hydrogens is 246 g/mol. The zero-order valence-electron chi connectivity index (χ0n) is 13.0. The molecule has 2 heteroatoms. The third kappa shape index (κ3) is 5.87. The van der Waals surface area contributed by atoms with Crippen molar-refractivity contribution in [2.75, 3.05) is 6.54 Å². The smallest absolute Gasteiger partial charge is 0.162 e. The fourth-order valence-corrected chi connectivity index (χ4v) is 2.70. The van der Waals surface area contributed by atoms with Gasteiger partial charge in [-0.3, -0.25) is 4.79 Å². The Kier molecular flexibility index (Phi) is 8.20. The first-order valence-electron chi connectivity index (χ1n) is 8.03. The topological polar surface area (TPSA) is 43.1 Å². The van der Waals surface area contributed by atoms with E-state index in [2.05, 4.69) is 26.0 Å². The lowest BCUT2D eigenvalue weighted by atomic mass is 9.92. The van der Waals surface area contributed by atoms with Gasteiger partial charge in [0.15, 0.2) is 5.78 Å². The molecular formula is C18H29NO. The van der Waals surface area contributed by atoms with E-state index in [-0.39, 0.29) is 5.78 Å². The van der Waals surface area contributed by atoms with E-state index < -0.39 is 0 Å². The maximum atomic E-state index is 12.2. The Bertz CT molecular complexity index is 377. The maximum absolute atomic E-state index is 12.2. The molecule has 2 N–H and O–H groups in total. The van der Waals surface area contributed by atoms with Gasteiger partial charge >= 0.3 is 0 Å². The average molecular weight is 275 g/mol. The van der Waals surface area contributed by atoms with Crippen molar-refractivity contribution in [1.29, 1.82) is 0 Å². The lowest BCUT2D eigenvalue weighted by molar-refractivity contribution is 0.0972. The highest BCUT2D eigenvalue weighted by molar-refractivity contribution is 5.96. The fourth-order valence-electron chi connectivity index (χ4n) is 2.70. The second-order valence-corrected chi connectivity index (χ2v) is 5.64. The van der Waals surface area contributed by atoms with Crippen molar-refractivity contribution in [3.63, 3.8) is 0 Å². The largest absolute Gasteiger partial charge is 0.330 e. The number of carbonyl (C=O) groups is 1. The highest BCUT2D eigenvalue weighted by Gasteiger charge is 2.11. The second-order valence-electron chi connectivity index (χ2n) is 5.64. The number of hydrogen-bond acceptors (Lipinski definition) is 2. The van der Waals surface area contributed by atoms with Crippen LogP contribution in [0.2, 0.25) is 0 Å². The third-order valence-corrected chi connectivity index (χ3v) is 3.87. The first kappa shape index (κ1) is 16.9. The zero-order chi connectivity index (χ0) is 14.8. The van der Waals surface area contributed by atoms with Crippen LogP contribution in [0.1, 0.15) is 68.3 Å². The molecule has 0 saturated carbocycles. The van der Waals surface area contributed by atoms with Crippen molar-refractivity contribution in [2.24, 2.45) is 11.7 Å². The highest BCUT2D eigenvalue weighted by atomic mass is 16.1. The Hall–Kier alpha value is -1.15. The maximum Gasteiger partial charge on any atom is 0.162 e. The molecule has 2 nitrogen and oxygen atoms in total. The van der Waals surface area contributed by atoms with E-state index in [1.807, 2.05) is 12.1 Å². The Morgan fingerprint density at radius 2 is 1.75 bits per heavy atom. The lowest BCUT2D eigenvalue weighted by Gasteiger charge is -2.14. The Morgan fingerprint density at radius 1 is 1.05 bits per heavy atom. The van der Waals surface area contributed by atoms with Gasteiger partial charge in [-0.05, 0) is 37.3 Å². The predicted molar refractivity (Wildman–Crippen MR) is 86.1 cm³/mol. The first-order valence-corrected chi connectivity index (χ1v) is 8.03. The Morgan fingerprint density at radius 3 is 2.30 bits per heavy atom. The van der Waals surface area contributed by atoms with Crippen LogP contribution in [0.4, 0.5) is 0 Å². The van der Waals surface area contributed by atoms with Crippen molar-refractivity contribution in [2.45, 2.75) is 58.8 Å². The molecule has 0 spiro atoms. The molecule has 0 saturated heterocycles. The lowest BCUT2D eigenvalue weighted by Crippen LogP contribution is -2.11. The van der Waals surface area contributed by atoms with Crippen LogP contribution in [-0.4, -0.2) is 12.3 Å². The molecule has 0 amide bonds. The Balaban J connectivity index is 2.48. The monoisotopic (exact) mass is 275 g/mol. The van der Waals surface area contributed by atoms with Crippen LogP contribution >= 0.6 is 0 Å². The van der Waals surface area contributed by atoms with Crippen LogP contribution < -0.4 is 5.73 Å². The number of hydrogen-bond donors (Lipinski definition) is 1. The van der Waals surface area contributed by atoms with E-state index in [0.29, 0.717) is 12.3 Å². The summed E-state index contributed by atoms with van der Waals surface area (Å²) < 4.78 is 0. The quantitative estimate of drug-likeness (QED) is 0.644. The minimum atomic E-state index is 0.270. The van der Waals surface area contributed by atoms with Crippen molar-refractivity contribution in [3.8, 4) is 0 Å². The SMILES string of the molecule is CCCc1ccc(C(=O)CCC(CCC)CCN)cc1. The van der Waals surface area contributed by atoms with Crippen LogP contribution in [0.3, 0.4) is 0 Å². The summed E-state index contributed by atoms with van der Waals surface area (Å²) in [6.45, 7) is 5.09. The molecule has 1 unspecified atom stereocenters. The van der Waals surface area contributed by atoms with Crippen LogP contribution in [0.15, 0.2) is 24.3 Å². The number of benzene rings is 1. The van der Waals surface area contributed by atoms with Gasteiger partial charge in [0.25, 0.3) is 0 Å². The second kappa shape index (κ2) is 9.71. The van der Waals surface area contributed by atoms with Gasteiger partial charge in [0.05, 0.1) is 0 Å². The molecule has 0 fully saturated rings. The predicted octanol–water partition coefficient (Wildman–Crippen LogP) is 4.37. The van der Waals surface area contributed by atoms with Crippen molar-refractivity contribution in [1.82, 2.24) is 0 Å². The summed E-state index contributed by atoms with van der Waals surface area (Å²) in [6.07, 6.45) is 7.24. The van der Waals surface area contributed by atoms with E-state index in [9.17, 15) is 4.79 Å². The van der Waals surface area contributed by atoms with Gasteiger partial charge in [-0.2, -0.15) is 0 Å². The van der Waals surface area contributed by atoms with Crippen LogP contribution in [0.5, 0.6) is 0 Å². The normalized spacial score (nSPS) is 12.3. The van der Waals surface area contributed by atoms with E-state index in [0.717, 1.165) is 37.8 Å². The zero-order valence-corrected chi connectivity index (χ0v) is 13.0. The summed E-state index contributed by atoms with van der Waals surface area (Å²) in [5, 5.41) is 0. The first-order chi connectivity index (χ1) is 9.71. The van der Waals surface area contributed by atoms with Gasteiger partial charge in [0.1, 0.15) is 0 Å². The molecule has 0 bridgehead atoms. The molecule has 1 aromatic carbocycles. The van der Waals surface area contributed by atoms with E-state index >= 15 is 0 Å². The summed E-state index contributed by atoms with van der Waals surface area (Å²) in [5.74, 6) is 0.875. The Labute approximate surface area is 123 Å². The molecule has 1 aromatic rings. The van der Waals surface area contributed by atoms with E-state index in [1.54, 1.807) is 0 Å². The van der Waals surface area contributed by atoms with E-state index in [4.69, 9.17) is 5.73 Å². The highest BCUT2D eigenvalue weighted by Crippen LogP contribution is 2.19. The molecule has 112 valence electrons. The minimum absolute atomic E-state index is 0.270. The van der Waals surface area contributed by atoms with Gasteiger partial charge in [0, 0.05) is 12.0 Å². The van der Waals surface area contributed by atoms with Crippen LogP contribution in [-0.2, 0) is 6.42 Å². The van der Waals surface area contributed by atoms with Gasteiger partial charge in [-0.15, -0.1) is 0 Å². The molecule has 0 aliphatic heterocycles. The van der Waals surface area contributed by atoms with Crippen molar-refractivity contribution < 1.29 is 4.79 Å². The summed E-state index contributed by atoms with van der Waals surface area (Å²) in [6, 6.07) is 8.12. The molecule has 1 atom stereocenters.